The maximum atomic E-state index is 11.0. The lowest BCUT2D eigenvalue weighted by Gasteiger charge is -2.07. The molecule has 2 aromatic rings. The zero-order valence-electron chi connectivity index (χ0n) is 10.2. The van der Waals surface area contributed by atoms with Gasteiger partial charge in [0.15, 0.2) is 0 Å². The van der Waals surface area contributed by atoms with Gasteiger partial charge in [-0.15, -0.1) is 0 Å². The van der Waals surface area contributed by atoms with Crippen LogP contribution < -0.4 is 0 Å². The van der Waals surface area contributed by atoms with Crippen LogP contribution in [-0.2, 0) is 6.42 Å². The second-order valence-corrected chi connectivity index (χ2v) is 4.21. The molecule has 0 heterocycles. The van der Waals surface area contributed by atoms with E-state index in [0.29, 0.717) is 6.42 Å². The Bertz CT molecular complexity index is 605. The third kappa shape index (κ3) is 2.92. The molecule has 0 aliphatic heterocycles. The average molecular weight is 258 g/mol. The Hall–Kier alpha value is -2.33. The maximum Gasteiger partial charge on any atom is 0.339 e. The Labute approximate surface area is 110 Å². The molecule has 98 valence electrons. The zero-order valence-corrected chi connectivity index (χ0v) is 10.2. The van der Waals surface area contributed by atoms with Gasteiger partial charge in [-0.05, 0) is 35.2 Å². The normalized spacial score (nSPS) is 10.4. The van der Waals surface area contributed by atoms with E-state index in [1.807, 2.05) is 24.3 Å². The third-order valence-corrected chi connectivity index (χ3v) is 2.89. The maximum absolute atomic E-state index is 11.0. The lowest BCUT2D eigenvalue weighted by molar-refractivity contribution is 0.0694. The summed E-state index contributed by atoms with van der Waals surface area (Å²) in [5, 5.41) is 27.4. The average Bonchev–Trinajstić information content (AvgIpc) is 2.39. The van der Waals surface area contributed by atoms with Crippen molar-refractivity contribution >= 4 is 5.97 Å². The van der Waals surface area contributed by atoms with Gasteiger partial charge in [0.2, 0.25) is 0 Å². The molecule has 0 saturated heterocycles. The fourth-order valence-electron chi connectivity index (χ4n) is 1.92. The first-order chi connectivity index (χ1) is 9.11. The Balaban J connectivity index is 2.44. The molecule has 0 unspecified atom stereocenters. The zero-order chi connectivity index (χ0) is 13.8. The highest BCUT2D eigenvalue weighted by Crippen LogP contribution is 2.26. The third-order valence-electron chi connectivity index (χ3n) is 2.89. The Morgan fingerprint density at radius 1 is 1.05 bits per heavy atom. The quantitative estimate of drug-likeness (QED) is 0.786. The molecule has 0 fully saturated rings. The molecule has 0 atom stereocenters. The minimum Gasteiger partial charge on any atom is -0.507 e. The number of aromatic hydroxyl groups is 1. The number of hydrogen-bond donors (Lipinski definition) is 3. The smallest absolute Gasteiger partial charge is 0.339 e. The van der Waals surface area contributed by atoms with Gasteiger partial charge >= 0.3 is 5.97 Å². The Kier molecular flexibility index (Phi) is 3.82. The number of hydrogen-bond acceptors (Lipinski definition) is 3. The summed E-state index contributed by atoms with van der Waals surface area (Å²) >= 11 is 0. The van der Waals surface area contributed by atoms with E-state index < -0.39 is 5.97 Å². The Morgan fingerprint density at radius 2 is 1.79 bits per heavy atom. The molecule has 0 aliphatic rings. The number of carboxylic acids is 1. The van der Waals surface area contributed by atoms with E-state index in [2.05, 4.69) is 0 Å². The molecule has 0 bridgehead atoms. The lowest BCUT2D eigenvalue weighted by atomic mass is 10.00. The van der Waals surface area contributed by atoms with Crippen LogP contribution in [0.2, 0.25) is 0 Å². The Morgan fingerprint density at radius 3 is 2.47 bits per heavy atom. The summed E-state index contributed by atoms with van der Waals surface area (Å²) in [6.07, 6.45) is 0.553. The molecular weight excluding hydrogens is 244 g/mol. The van der Waals surface area contributed by atoms with E-state index in [-0.39, 0.29) is 17.9 Å². The van der Waals surface area contributed by atoms with Gasteiger partial charge < -0.3 is 15.3 Å². The summed E-state index contributed by atoms with van der Waals surface area (Å²) in [4.78, 5) is 11.0. The molecule has 19 heavy (non-hydrogen) atoms. The van der Waals surface area contributed by atoms with Crippen LogP contribution in [0, 0.1) is 0 Å². The molecule has 3 N–H and O–H groups in total. The van der Waals surface area contributed by atoms with E-state index in [1.165, 1.54) is 12.1 Å². The van der Waals surface area contributed by atoms with Crippen molar-refractivity contribution in [1.82, 2.24) is 0 Å². The molecule has 0 saturated carbocycles. The van der Waals surface area contributed by atoms with Crippen molar-refractivity contribution in [3.63, 3.8) is 0 Å². The monoisotopic (exact) mass is 258 g/mol. The fraction of sp³-hybridized carbons (Fsp3) is 0.133. The number of carboxylic acid groups (broad SMARTS) is 1. The topological polar surface area (TPSA) is 77.8 Å². The highest BCUT2D eigenvalue weighted by molar-refractivity contribution is 5.92. The first kappa shape index (κ1) is 13.1. The second-order valence-electron chi connectivity index (χ2n) is 4.21. The van der Waals surface area contributed by atoms with E-state index in [9.17, 15) is 9.90 Å². The number of aromatic carboxylic acids is 1. The van der Waals surface area contributed by atoms with Crippen LogP contribution in [0.4, 0.5) is 0 Å². The fourth-order valence-corrected chi connectivity index (χ4v) is 1.92. The number of aliphatic hydroxyl groups excluding tert-OH is 1. The van der Waals surface area contributed by atoms with Crippen molar-refractivity contribution in [3.05, 3.63) is 53.6 Å². The van der Waals surface area contributed by atoms with E-state index >= 15 is 0 Å². The van der Waals surface area contributed by atoms with Crippen molar-refractivity contribution in [2.45, 2.75) is 6.42 Å². The summed E-state index contributed by atoms with van der Waals surface area (Å²) in [7, 11) is 0. The molecule has 2 aromatic carbocycles. The van der Waals surface area contributed by atoms with Gasteiger partial charge in [-0.25, -0.2) is 4.79 Å². The van der Waals surface area contributed by atoms with Crippen LogP contribution in [0.5, 0.6) is 5.75 Å². The van der Waals surface area contributed by atoms with Crippen molar-refractivity contribution in [2.24, 2.45) is 0 Å². The van der Waals surface area contributed by atoms with Crippen LogP contribution in [0.15, 0.2) is 42.5 Å². The predicted molar refractivity (Wildman–Crippen MR) is 71.3 cm³/mol. The van der Waals surface area contributed by atoms with Gasteiger partial charge in [0.05, 0.1) is 0 Å². The van der Waals surface area contributed by atoms with Crippen molar-refractivity contribution in [1.29, 1.82) is 0 Å². The minimum atomic E-state index is -1.16. The molecule has 0 amide bonds. The molecule has 0 aromatic heterocycles. The minimum absolute atomic E-state index is 0.0689. The van der Waals surface area contributed by atoms with Crippen molar-refractivity contribution < 1.29 is 20.1 Å². The largest absolute Gasteiger partial charge is 0.507 e. The molecule has 2 rings (SSSR count). The van der Waals surface area contributed by atoms with Crippen LogP contribution in [0.1, 0.15) is 15.9 Å². The van der Waals surface area contributed by atoms with Crippen LogP contribution >= 0.6 is 0 Å². The molecule has 0 radical (unpaired) electrons. The lowest BCUT2D eigenvalue weighted by Crippen LogP contribution is -1.97. The number of phenols is 1. The summed E-state index contributed by atoms with van der Waals surface area (Å²) in [5.74, 6) is -1.41. The van der Waals surface area contributed by atoms with Gasteiger partial charge in [0.25, 0.3) is 0 Å². The predicted octanol–water partition coefficient (Wildman–Crippen LogP) is 2.29. The number of benzene rings is 2. The van der Waals surface area contributed by atoms with E-state index in [1.54, 1.807) is 6.07 Å². The number of carbonyl (C=O) groups is 1. The molecule has 4 heteroatoms. The first-order valence-electron chi connectivity index (χ1n) is 5.88. The van der Waals surface area contributed by atoms with E-state index in [4.69, 9.17) is 10.2 Å². The van der Waals surface area contributed by atoms with Gasteiger partial charge in [-0.1, -0.05) is 30.3 Å². The van der Waals surface area contributed by atoms with Gasteiger partial charge in [-0.3, -0.25) is 0 Å². The molecular formula is C15H14O4. The van der Waals surface area contributed by atoms with Crippen molar-refractivity contribution in [2.75, 3.05) is 6.61 Å². The number of aliphatic hydroxyl groups is 1. The highest BCUT2D eigenvalue weighted by atomic mass is 16.4. The highest BCUT2D eigenvalue weighted by Gasteiger charge is 2.11. The van der Waals surface area contributed by atoms with Gasteiger partial charge in [0, 0.05) is 6.61 Å². The SMILES string of the molecule is O=C(O)c1cc(-c2cccc(CCO)c2)ccc1O. The first-order valence-corrected chi connectivity index (χ1v) is 5.88. The summed E-state index contributed by atoms with van der Waals surface area (Å²) < 4.78 is 0. The van der Waals surface area contributed by atoms with Crippen LogP contribution in [-0.4, -0.2) is 27.9 Å². The van der Waals surface area contributed by atoms with Crippen LogP contribution in [0.3, 0.4) is 0 Å². The summed E-state index contributed by atoms with van der Waals surface area (Å²) in [5.41, 5.74) is 2.43. The molecule has 4 nitrogen and oxygen atoms in total. The summed E-state index contributed by atoms with van der Waals surface area (Å²) in [6.45, 7) is 0.0689. The van der Waals surface area contributed by atoms with Gasteiger partial charge in [-0.2, -0.15) is 0 Å². The van der Waals surface area contributed by atoms with E-state index in [0.717, 1.165) is 16.7 Å². The second kappa shape index (κ2) is 5.54. The van der Waals surface area contributed by atoms with Crippen molar-refractivity contribution in [3.8, 4) is 16.9 Å². The molecule has 0 aliphatic carbocycles. The van der Waals surface area contributed by atoms with Gasteiger partial charge in [0.1, 0.15) is 11.3 Å². The standard InChI is InChI=1S/C15H14O4/c16-7-6-10-2-1-3-11(8-10)12-4-5-14(17)13(9-12)15(18)19/h1-5,8-9,16-17H,6-7H2,(H,18,19). The summed E-state index contributed by atoms with van der Waals surface area (Å²) in [6, 6.07) is 12.0. The van der Waals surface area contributed by atoms with Crippen LogP contribution in [0.25, 0.3) is 11.1 Å². The number of rotatable bonds is 4. The molecule has 0 spiro atoms.